The number of Topliss-reactive ketones (excluding diaryl/α,β-unsaturated/α-hetero) is 1. The summed E-state index contributed by atoms with van der Waals surface area (Å²) in [4.78, 5) is 12.8. The first-order valence-electron chi connectivity index (χ1n) is 6.69. The summed E-state index contributed by atoms with van der Waals surface area (Å²) in [5, 5.41) is 3.40. The van der Waals surface area contributed by atoms with Crippen molar-refractivity contribution in [1.29, 1.82) is 0 Å². The maximum Gasteiger partial charge on any atom is 0.170 e. The number of halogens is 1. The SMILES string of the molecule is CCCC1(C(=O)c2ccc(I)cc2)CCCNC1. The molecular weight excluding hydrogens is 337 g/mol. The molecule has 2 rings (SSSR count). The fraction of sp³-hybridized carbons (Fsp3) is 0.533. The second-order valence-corrected chi connectivity index (χ2v) is 6.39. The monoisotopic (exact) mass is 357 g/mol. The normalized spacial score (nSPS) is 23.9. The Morgan fingerprint density at radius 3 is 2.67 bits per heavy atom. The van der Waals surface area contributed by atoms with Crippen LogP contribution in [0.3, 0.4) is 0 Å². The molecule has 1 heterocycles. The maximum atomic E-state index is 12.8. The minimum atomic E-state index is -0.167. The van der Waals surface area contributed by atoms with Gasteiger partial charge in [0.25, 0.3) is 0 Å². The van der Waals surface area contributed by atoms with Gasteiger partial charge in [0.15, 0.2) is 5.78 Å². The molecule has 1 atom stereocenters. The van der Waals surface area contributed by atoms with E-state index >= 15 is 0 Å². The second kappa shape index (κ2) is 6.15. The van der Waals surface area contributed by atoms with Gasteiger partial charge in [-0.15, -0.1) is 0 Å². The first kappa shape index (κ1) is 14.0. The van der Waals surface area contributed by atoms with Crippen LogP contribution in [0.4, 0.5) is 0 Å². The molecule has 1 saturated heterocycles. The smallest absolute Gasteiger partial charge is 0.170 e. The van der Waals surface area contributed by atoms with Crippen LogP contribution in [0.1, 0.15) is 43.0 Å². The van der Waals surface area contributed by atoms with E-state index in [1.807, 2.05) is 24.3 Å². The van der Waals surface area contributed by atoms with Crippen LogP contribution in [-0.4, -0.2) is 18.9 Å². The van der Waals surface area contributed by atoms with E-state index in [4.69, 9.17) is 0 Å². The summed E-state index contributed by atoms with van der Waals surface area (Å²) in [6.07, 6.45) is 4.19. The van der Waals surface area contributed by atoms with E-state index < -0.39 is 0 Å². The first-order valence-corrected chi connectivity index (χ1v) is 7.77. The number of piperidine rings is 1. The molecule has 1 aromatic carbocycles. The number of carbonyl (C=O) groups is 1. The number of hydrogen-bond acceptors (Lipinski definition) is 2. The Morgan fingerprint density at radius 2 is 2.11 bits per heavy atom. The fourth-order valence-electron chi connectivity index (χ4n) is 2.87. The van der Waals surface area contributed by atoms with E-state index in [9.17, 15) is 4.79 Å². The molecule has 0 saturated carbocycles. The zero-order valence-electron chi connectivity index (χ0n) is 10.8. The van der Waals surface area contributed by atoms with Crippen LogP contribution < -0.4 is 5.32 Å². The lowest BCUT2D eigenvalue weighted by atomic mass is 9.72. The van der Waals surface area contributed by atoms with Gasteiger partial charge in [0, 0.05) is 21.1 Å². The fourth-order valence-corrected chi connectivity index (χ4v) is 3.23. The second-order valence-electron chi connectivity index (χ2n) is 5.15. The highest BCUT2D eigenvalue weighted by molar-refractivity contribution is 14.1. The van der Waals surface area contributed by atoms with Crippen molar-refractivity contribution >= 4 is 28.4 Å². The van der Waals surface area contributed by atoms with Crippen LogP contribution in [0.5, 0.6) is 0 Å². The Bertz CT molecular complexity index is 401. The van der Waals surface area contributed by atoms with Gasteiger partial charge in [0.05, 0.1) is 0 Å². The van der Waals surface area contributed by atoms with Crippen LogP contribution in [0.25, 0.3) is 0 Å². The highest BCUT2D eigenvalue weighted by Gasteiger charge is 2.38. The van der Waals surface area contributed by atoms with Crippen molar-refractivity contribution in [3.8, 4) is 0 Å². The molecule has 1 aromatic rings. The predicted molar refractivity (Wildman–Crippen MR) is 82.9 cm³/mol. The van der Waals surface area contributed by atoms with Gasteiger partial charge in [-0.25, -0.2) is 0 Å². The number of benzene rings is 1. The molecule has 1 N–H and O–H groups in total. The van der Waals surface area contributed by atoms with Crippen molar-refractivity contribution in [3.05, 3.63) is 33.4 Å². The summed E-state index contributed by atoms with van der Waals surface area (Å²) in [5.41, 5.74) is 0.701. The van der Waals surface area contributed by atoms with E-state index in [0.29, 0.717) is 5.78 Å². The summed E-state index contributed by atoms with van der Waals surface area (Å²) < 4.78 is 1.18. The van der Waals surface area contributed by atoms with Gasteiger partial charge in [-0.2, -0.15) is 0 Å². The lowest BCUT2D eigenvalue weighted by Gasteiger charge is -2.36. The largest absolute Gasteiger partial charge is 0.316 e. The van der Waals surface area contributed by atoms with Gasteiger partial charge >= 0.3 is 0 Å². The summed E-state index contributed by atoms with van der Waals surface area (Å²) in [5.74, 6) is 0.327. The predicted octanol–water partition coefficient (Wildman–Crippen LogP) is 3.64. The summed E-state index contributed by atoms with van der Waals surface area (Å²) in [6.45, 7) is 4.05. The van der Waals surface area contributed by atoms with Crippen LogP contribution in [-0.2, 0) is 0 Å². The number of hydrogen-bond donors (Lipinski definition) is 1. The molecule has 1 unspecified atom stereocenters. The van der Waals surface area contributed by atoms with E-state index in [1.54, 1.807) is 0 Å². The minimum absolute atomic E-state index is 0.167. The third kappa shape index (κ3) is 2.94. The number of nitrogens with one attached hydrogen (secondary N) is 1. The van der Waals surface area contributed by atoms with E-state index in [2.05, 4.69) is 34.8 Å². The van der Waals surface area contributed by atoms with Crippen molar-refractivity contribution in [3.63, 3.8) is 0 Å². The molecule has 1 aliphatic rings. The Balaban J connectivity index is 2.24. The van der Waals surface area contributed by atoms with Gasteiger partial charge in [-0.3, -0.25) is 4.79 Å². The van der Waals surface area contributed by atoms with Crippen molar-refractivity contribution in [2.45, 2.75) is 32.6 Å². The average molecular weight is 357 g/mol. The van der Waals surface area contributed by atoms with Gasteiger partial charge in [-0.05, 0) is 60.5 Å². The Hall–Kier alpha value is -0.420. The van der Waals surface area contributed by atoms with Crippen LogP contribution in [0.15, 0.2) is 24.3 Å². The third-order valence-corrected chi connectivity index (χ3v) is 4.51. The van der Waals surface area contributed by atoms with Crippen LogP contribution in [0, 0.1) is 8.99 Å². The molecule has 0 aliphatic carbocycles. The minimum Gasteiger partial charge on any atom is -0.316 e. The van der Waals surface area contributed by atoms with Crippen molar-refractivity contribution in [1.82, 2.24) is 5.32 Å². The van der Waals surface area contributed by atoms with E-state index in [1.165, 1.54) is 3.57 Å². The molecule has 1 fully saturated rings. The number of carbonyl (C=O) groups excluding carboxylic acids is 1. The summed E-state index contributed by atoms with van der Waals surface area (Å²) >= 11 is 2.27. The molecule has 98 valence electrons. The van der Waals surface area contributed by atoms with Crippen LogP contribution in [0.2, 0.25) is 0 Å². The molecule has 0 bridgehead atoms. The Labute approximate surface area is 123 Å². The maximum absolute atomic E-state index is 12.8. The van der Waals surface area contributed by atoms with Gasteiger partial charge in [0.1, 0.15) is 0 Å². The van der Waals surface area contributed by atoms with Gasteiger partial charge < -0.3 is 5.32 Å². The molecule has 0 radical (unpaired) electrons. The number of ketones is 1. The van der Waals surface area contributed by atoms with Crippen molar-refractivity contribution in [2.24, 2.45) is 5.41 Å². The topological polar surface area (TPSA) is 29.1 Å². The van der Waals surface area contributed by atoms with Crippen molar-refractivity contribution < 1.29 is 4.79 Å². The van der Waals surface area contributed by atoms with Gasteiger partial charge in [0.2, 0.25) is 0 Å². The molecule has 1 aliphatic heterocycles. The zero-order chi connectivity index (χ0) is 13.0. The van der Waals surface area contributed by atoms with E-state index in [-0.39, 0.29) is 5.41 Å². The zero-order valence-corrected chi connectivity index (χ0v) is 13.0. The highest BCUT2D eigenvalue weighted by Crippen LogP contribution is 2.35. The van der Waals surface area contributed by atoms with Crippen molar-refractivity contribution in [2.75, 3.05) is 13.1 Å². The highest BCUT2D eigenvalue weighted by atomic mass is 127. The molecule has 3 heteroatoms. The number of rotatable bonds is 4. The third-order valence-electron chi connectivity index (χ3n) is 3.79. The summed E-state index contributed by atoms with van der Waals surface area (Å²) in [7, 11) is 0. The lowest BCUT2D eigenvalue weighted by molar-refractivity contribution is 0.0718. The summed E-state index contributed by atoms with van der Waals surface area (Å²) in [6, 6.07) is 7.97. The molecule has 0 aromatic heterocycles. The van der Waals surface area contributed by atoms with Crippen LogP contribution >= 0.6 is 22.6 Å². The van der Waals surface area contributed by atoms with E-state index in [0.717, 1.165) is 44.3 Å². The standard InChI is InChI=1S/C15H20INO/c1-2-8-15(9-3-10-17-11-15)14(18)12-4-6-13(16)7-5-12/h4-7,17H,2-3,8-11H2,1H3. The lowest BCUT2D eigenvalue weighted by Crippen LogP contribution is -2.45. The first-order chi connectivity index (χ1) is 8.68. The molecule has 2 nitrogen and oxygen atoms in total. The quantitative estimate of drug-likeness (QED) is 0.659. The Morgan fingerprint density at radius 1 is 1.39 bits per heavy atom. The molecule has 0 amide bonds. The molecular formula is C15H20INO. The molecule has 0 spiro atoms. The van der Waals surface area contributed by atoms with Gasteiger partial charge in [-0.1, -0.05) is 25.5 Å². The Kier molecular flexibility index (Phi) is 4.78. The molecule has 18 heavy (non-hydrogen) atoms. The average Bonchev–Trinajstić information content (AvgIpc) is 2.40.